The number of hydrogen-bond donors (Lipinski definition) is 6. The number of hydrogen-bond acceptors (Lipinski definition) is 7. The maximum absolute atomic E-state index is 13.0. The minimum Gasteiger partial charge on any atom is -0.497 e. The van der Waals surface area contributed by atoms with Gasteiger partial charge in [0, 0.05) is 19.5 Å². The number of benzene rings is 1. The van der Waals surface area contributed by atoms with Crippen LogP contribution in [0.2, 0.25) is 0 Å². The number of nitrogens with one attached hydrogen (secondary N) is 5. The second-order valence-corrected chi connectivity index (χ2v) is 10.7. The summed E-state index contributed by atoms with van der Waals surface area (Å²) in [7, 11) is 3.31. The second-order valence-electron chi connectivity index (χ2n) is 10.7. The summed E-state index contributed by atoms with van der Waals surface area (Å²) in [4.78, 5) is 61.0. The predicted octanol–water partition coefficient (Wildman–Crippen LogP) is 1.56. The Bertz CT molecular complexity index is 1000. The highest BCUT2D eigenvalue weighted by atomic mass is 16.5. The summed E-state index contributed by atoms with van der Waals surface area (Å²) in [6.07, 6.45) is 4.76. The number of urea groups is 1. The molecule has 7 N–H and O–H groups in total. The van der Waals surface area contributed by atoms with Crippen LogP contribution in [0.4, 0.5) is 4.79 Å². The smallest absolute Gasteiger partial charge is 0.312 e. The van der Waals surface area contributed by atoms with E-state index in [2.05, 4.69) is 26.6 Å². The fourth-order valence-corrected chi connectivity index (χ4v) is 4.39. The third-order valence-electron chi connectivity index (χ3n) is 6.96. The number of ether oxygens (including phenoxy) is 1. The molecular formula is C30H50N6O6. The third-order valence-corrected chi connectivity index (χ3v) is 6.96. The van der Waals surface area contributed by atoms with Crippen LogP contribution in [0.3, 0.4) is 0 Å². The molecule has 0 spiro atoms. The van der Waals surface area contributed by atoms with Crippen molar-refractivity contribution in [2.75, 3.05) is 27.2 Å². The molecule has 0 saturated carbocycles. The zero-order valence-electron chi connectivity index (χ0n) is 25.7. The van der Waals surface area contributed by atoms with Crippen LogP contribution in [0.15, 0.2) is 24.3 Å². The minimum atomic E-state index is -0.823. The fraction of sp³-hybridized carbons (Fsp3) is 0.633. The van der Waals surface area contributed by atoms with Gasteiger partial charge in [-0.1, -0.05) is 26.0 Å². The number of Topliss-reactive ketones (excluding diaryl/α,β-unsaturated/α-hetero) is 1. The van der Waals surface area contributed by atoms with Crippen LogP contribution < -0.4 is 37.1 Å². The van der Waals surface area contributed by atoms with Crippen molar-refractivity contribution in [1.82, 2.24) is 26.6 Å². The second kappa shape index (κ2) is 20.2. The lowest BCUT2D eigenvalue weighted by Gasteiger charge is -2.26. The van der Waals surface area contributed by atoms with Gasteiger partial charge in [0.05, 0.1) is 19.2 Å². The molecule has 0 aromatic heterocycles. The Balaban J connectivity index is 2.42. The quantitative estimate of drug-likeness (QED) is 0.118. The lowest BCUT2D eigenvalue weighted by atomic mass is 10.00. The molecule has 12 heteroatoms. The number of carbonyl (C=O) groups excluding carboxylic acids is 5. The Hall–Kier alpha value is -3.67. The summed E-state index contributed by atoms with van der Waals surface area (Å²) >= 11 is 0. The molecule has 1 rings (SSSR count). The molecule has 3 atom stereocenters. The van der Waals surface area contributed by atoms with Gasteiger partial charge in [0.2, 0.25) is 17.7 Å². The first-order chi connectivity index (χ1) is 20.0. The molecule has 236 valence electrons. The van der Waals surface area contributed by atoms with Crippen LogP contribution in [0.25, 0.3) is 0 Å². The molecule has 0 fully saturated rings. The first-order valence-electron chi connectivity index (χ1n) is 14.7. The van der Waals surface area contributed by atoms with E-state index in [0.717, 1.165) is 24.2 Å². The van der Waals surface area contributed by atoms with Crippen molar-refractivity contribution < 1.29 is 28.7 Å². The van der Waals surface area contributed by atoms with Crippen LogP contribution >= 0.6 is 0 Å². The standard InChI is InChI=1S/C30H50N6O6/c1-20(2)27(29(40)35-24(21(3)37)12-9-19-34-30(31)41)36-28(39)25(32-4)11-6-7-18-33-26(38)13-8-10-22-14-16-23(42-5)17-15-22/h14-17,20,24-25,27,32H,6-13,18-19H2,1-5H3,(H,33,38)(H,35,40)(H,36,39)(H3,31,34,41). The van der Waals surface area contributed by atoms with Gasteiger partial charge >= 0.3 is 6.03 Å². The van der Waals surface area contributed by atoms with Crippen LogP contribution in [-0.4, -0.2) is 74.9 Å². The van der Waals surface area contributed by atoms with Crippen LogP contribution in [0.5, 0.6) is 5.75 Å². The average Bonchev–Trinajstić information content (AvgIpc) is 2.94. The van der Waals surface area contributed by atoms with Crippen LogP contribution in [0, 0.1) is 5.92 Å². The van der Waals surface area contributed by atoms with E-state index < -0.39 is 30.1 Å². The number of unbranched alkanes of at least 4 members (excludes halogenated alkanes) is 1. The SMILES string of the molecule is CNC(CCCCNC(=O)CCCc1ccc(OC)cc1)C(=O)NC(C(=O)NC(CCCNC(N)=O)C(C)=O)C(C)C. The van der Waals surface area contributed by atoms with Gasteiger partial charge in [-0.15, -0.1) is 0 Å². The van der Waals surface area contributed by atoms with Crippen molar-refractivity contribution in [1.29, 1.82) is 0 Å². The van der Waals surface area contributed by atoms with Crippen LogP contribution in [0.1, 0.15) is 71.3 Å². The summed E-state index contributed by atoms with van der Waals surface area (Å²) in [6.45, 7) is 5.84. The lowest BCUT2D eigenvalue weighted by molar-refractivity contribution is -0.133. The minimum absolute atomic E-state index is 0.00482. The van der Waals surface area contributed by atoms with E-state index in [4.69, 9.17) is 10.5 Å². The van der Waals surface area contributed by atoms with E-state index in [1.807, 2.05) is 38.1 Å². The van der Waals surface area contributed by atoms with E-state index in [1.54, 1.807) is 14.2 Å². The number of primary amides is 1. The Labute approximate surface area is 249 Å². The first kappa shape index (κ1) is 36.4. The zero-order valence-corrected chi connectivity index (χ0v) is 25.7. The van der Waals surface area contributed by atoms with Gasteiger partial charge < -0.3 is 37.1 Å². The normalized spacial score (nSPS) is 13.0. The molecule has 0 aliphatic carbocycles. The molecule has 12 nitrogen and oxygen atoms in total. The summed E-state index contributed by atoms with van der Waals surface area (Å²) in [6, 6.07) is 5.10. The molecule has 0 aliphatic heterocycles. The number of nitrogens with two attached hydrogens (primary N) is 1. The summed E-state index contributed by atoms with van der Waals surface area (Å²) in [5.41, 5.74) is 6.21. The van der Waals surface area contributed by atoms with Gasteiger partial charge in [-0.3, -0.25) is 19.2 Å². The zero-order chi connectivity index (χ0) is 31.5. The number of methoxy groups -OCH3 is 1. The van der Waals surface area contributed by atoms with Gasteiger partial charge in [0.25, 0.3) is 0 Å². The molecule has 3 unspecified atom stereocenters. The Morgan fingerprint density at radius 2 is 1.48 bits per heavy atom. The number of likely N-dealkylation sites (N-methyl/N-ethyl adjacent to an activating group) is 1. The third kappa shape index (κ3) is 14.8. The van der Waals surface area contributed by atoms with E-state index >= 15 is 0 Å². The van der Waals surface area contributed by atoms with Gasteiger partial charge in [-0.2, -0.15) is 0 Å². The lowest BCUT2D eigenvalue weighted by Crippen LogP contribution is -2.56. The molecule has 1 aromatic carbocycles. The highest BCUT2D eigenvalue weighted by Crippen LogP contribution is 2.13. The Morgan fingerprint density at radius 1 is 0.833 bits per heavy atom. The molecule has 0 bridgehead atoms. The molecule has 1 aromatic rings. The van der Waals surface area contributed by atoms with E-state index in [9.17, 15) is 24.0 Å². The monoisotopic (exact) mass is 590 g/mol. The number of carbonyl (C=O) groups is 5. The summed E-state index contributed by atoms with van der Waals surface area (Å²) < 4.78 is 5.16. The highest BCUT2D eigenvalue weighted by Gasteiger charge is 2.29. The molecular weight excluding hydrogens is 540 g/mol. The van der Waals surface area contributed by atoms with Crippen LogP contribution in [-0.2, 0) is 25.6 Å². The van der Waals surface area contributed by atoms with Crippen molar-refractivity contribution in [2.45, 2.75) is 90.3 Å². The summed E-state index contributed by atoms with van der Waals surface area (Å²) in [5.74, 6) is -0.360. The van der Waals surface area contributed by atoms with E-state index in [0.29, 0.717) is 45.1 Å². The number of rotatable bonds is 21. The van der Waals surface area contributed by atoms with Crippen molar-refractivity contribution >= 4 is 29.5 Å². The van der Waals surface area contributed by atoms with Gasteiger partial charge in [-0.25, -0.2) is 4.79 Å². The fourth-order valence-electron chi connectivity index (χ4n) is 4.39. The first-order valence-corrected chi connectivity index (χ1v) is 14.7. The largest absolute Gasteiger partial charge is 0.497 e. The summed E-state index contributed by atoms with van der Waals surface area (Å²) in [5, 5.41) is 13.9. The highest BCUT2D eigenvalue weighted by molar-refractivity contribution is 5.93. The van der Waals surface area contributed by atoms with Crippen molar-refractivity contribution in [3.8, 4) is 5.75 Å². The molecule has 0 aliphatic rings. The topological polar surface area (TPSA) is 181 Å². The molecule has 0 radical (unpaired) electrons. The van der Waals surface area contributed by atoms with Gasteiger partial charge in [-0.05, 0) is 82.5 Å². The van der Waals surface area contributed by atoms with Gasteiger partial charge in [0.1, 0.15) is 11.8 Å². The van der Waals surface area contributed by atoms with E-state index in [-0.39, 0.29) is 30.1 Å². The molecule has 0 saturated heterocycles. The maximum atomic E-state index is 13.0. The van der Waals surface area contributed by atoms with Crippen molar-refractivity contribution in [2.24, 2.45) is 11.7 Å². The number of amides is 5. The Morgan fingerprint density at radius 3 is 2.05 bits per heavy atom. The van der Waals surface area contributed by atoms with Crippen molar-refractivity contribution in [3.63, 3.8) is 0 Å². The number of aryl methyl sites for hydroxylation is 1. The van der Waals surface area contributed by atoms with Crippen molar-refractivity contribution in [3.05, 3.63) is 29.8 Å². The maximum Gasteiger partial charge on any atom is 0.312 e. The molecule has 5 amide bonds. The molecule has 42 heavy (non-hydrogen) atoms. The number of ketones is 1. The molecule has 0 heterocycles. The van der Waals surface area contributed by atoms with Gasteiger partial charge in [0.15, 0.2) is 5.78 Å². The van der Waals surface area contributed by atoms with E-state index in [1.165, 1.54) is 6.92 Å². The predicted molar refractivity (Wildman–Crippen MR) is 162 cm³/mol. The Kier molecular flexibility index (Phi) is 17.5. The average molecular weight is 591 g/mol.